The number of hydrogen-bond acceptors (Lipinski definition) is 6. The van der Waals surface area contributed by atoms with Gasteiger partial charge in [-0.05, 0) is 60.5 Å². The number of tetrazole rings is 1. The first-order chi connectivity index (χ1) is 13.5. The molecule has 0 aliphatic heterocycles. The molecule has 0 unspecified atom stereocenters. The average molecular weight is 398 g/mol. The number of ether oxygens (including phenoxy) is 1. The summed E-state index contributed by atoms with van der Waals surface area (Å²) in [5, 5.41) is 15.1. The first-order valence-corrected chi connectivity index (χ1v) is 9.80. The van der Waals surface area contributed by atoms with Gasteiger partial charge < -0.3 is 10.1 Å². The van der Waals surface area contributed by atoms with Crippen LogP contribution in [0.1, 0.15) is 23.6 Å². The predicted octanol–water partition coefficient (Wildman–Crippen LogP) is 3.08. The molecule has 0 aliphatic rings. The molecule has 0 radical (unpaired) electrons. The predicted molar refractivity (Wildman–Crippen MR) is 109 cm³/mol. The Morgan fingerprint density at radius 1 is 1.21 bits per heavy atom. The molecule has 8 heteroatoms. The van der Waals surface area contributed by atoms with Gasteiger partial charge in [-0.1, -0.05) is 36.0 Å². The minimum atomic E-state index is -0.356. The summed E-state index contributed by atoms with van der Waals surface area (Å²) in [5.74, 6) is 0.660. The lowest BCUT2D eigenvalue weighted by molar-refractivity contribution is -0.120. The number of thioether (sulfide) groups is 1. The zero-order valence-corrected chi connectivity index (χ0v) is 17.2. The molecule has 1 atom stereocenters. The van der Waals surface area contributed by atoms with E-state index in [1.54, 1.807) is 11.8 Å². The van der Waals surface area contributed by atoms with Crippen LogP contribution in [-0.4, -0.2) is 38.5 Å². The van der Waals surface area contributed by atoms with E-state index in [2.05, 4.69) is 27.8 Å². The molecule has 28 heavy (non-hydrogen) atoms. The molecule has 1 N–H and O–H groups in total. The Bertz CT molecular complexity index is 973. The van der Waals surface area contributed by atoms with E-state index in [0.29, 0.717) is 11.7 Å². The van der Waals surface area contributed by atoms with E-state index in [1.165, 1.54) is 17.3 Å². The zero-order valence-electron chi connectivity index (χ0n) is 16.3. The molecule has 0 bridgehead atoms. The summed E-state index contributed by atoms with van der Waals surface area (Å²) >= 11 is 1.32. The molecule has 0 fully saturated rings. The number of aromatic nitrogens is 4. The molecule has 3 aromatic rings. The number of amides is 1. The average Bonchev–Trinajstić information content (AvgIpc) is 3.16. The number of carbonyl (C=O) groups excluding carboxylic acids is 1. The van der Waals surface area contributed by atoms with Crippen molar-refractivity contribution in [1.29, 1.82) is 0 Å². The summed E-state index contributed by atoms with van der Waals surface area (Å²) in [6.45, 7) is 6.34. The molecule has 0 saturated carbocycles. The van der Waals surface area contributed by atoms with Crippen molar-refractivity contribution in [2.24, 2.45) is 0 Å². The number of carbonyl (C=O) groups is 1. The lowest BCUT2D eigenvalue weighted by Gasteiger charge is -2.13. The first-order valence-electron chi connectivity index (χ1n) is 8.92. The third kappa shape index (κ3) is 4.51. The van der Waals surface area contributed by atoms with Gasteiger partial charge in [0.05, 0.1) is 18.0 Å². The Balaban J connectivity index is 1.66. The van der Waals surface area contributed by atoms with Crippen LogP contribution in [0.5, 0.6) is 5.75 Å². The molecular weight excluding hydrogens is 374 g/mol. The van der Waals surface area contributed by atoms with Crippen LogP contribution in [0.2, 0.25) is 0 Å². The minimum Gasteiger partial charge on any atom is -0.496 e. The molecule has 1 heterocycles. The number of aryl methyl sites for hydroxylation is 2. The summed E-state index contributed by atoms with van der Waals surface area (Å²) in [6.07, 6.45) is 0. The van der Waals surface area contributed by atoms with Crippen molar-refractivity contribution >= 4 is 17.7 Å². The summed E-state index contributed by atoms with van der Waals surface area (Å²) in [5.41, 5.74) is 4.16. The smallest absolute Gasteiger partial charge is 0.233 e. The van der Waals surface area contributed by atoms with E-state index in [4.69, 9.17) is 4.74 Å². The van der Waals surface area contributed by atoms with Crippen molar-refractivity contribution in [2.75, 3.05) is 7.11 Å². The van der Waals surface area contributed by atoms with Crippen LogP contribution in [-0.2, 0) is 11.3 Å². The molecule has 2 aromatic carbocycles. The second-order valence-electron chi connectivity index (χ2n) is 6.43. The van der Waals surface area contributed by atoms with Crippen LogP contribution in [0.25, 0.3) is 5.69 Å². The largest absolute Gasteiger partial charge is 0.496 e. The van der Waals surface area contributed by atoms with Gasteiger partial charge in [-0.2, -0.15) is 4.68 Å². The SMILES string of the molecule is COc1ccccc1CNC(=O)[C@@H](C)Sc1nnnn1-c1ccc(C)c(C)c1. The zero-order chi connectivity index (χ0) is 20.1. The Hall–Kier alpha value is -2.87. The quantitative estimate of drug-likeness (QED) is 0.617. The number of nitrogens with one attached hydrogen (secondary N) is 1. The fourth-order valence-corrected chi connectivity index (χ4v) is 3.49. The normalized spacial score (nSPS) is 11.9. The number of benzene rings is 2. The molecule has 1 aromatic heterocycles. The Morgan fingerprint density at radius 3 is 2.75 bits per heavy atom. The van der Waals surface area contributed by atoms with Gasteiger partial charge in [-0.25, -0.2) is 0 Å². The van der Waals surface area contributed by atoms with Gasteiger partial charge in [0.2, 0.25) is 11.1 Å². The molecule has 7 nitrogen and oxygen atoms in total. The number of nitrogens with zero attached hydrogens (tertiary/aromatic N) is 4. The lowest BCUT2D eigenvalue weighted by atomic mass is 10.1. The highest BCUT2D eigenvalue weighted by atomic mass is 32.2. The van der Waals surface area contributed by atoms with Crippen molar-refractivity contribution in [3.8, 4) is 11.4 Å². The molecule has 0 spiro atoms. The summed E-state index contributed by atoms with van der Waals surface area (Å²) in [4.78, 5) is 12.5. The van der Waals surface area contributed by atoms with Gasteiger partial charge in [0.25, 0.3) is 0 Å². The third-order valence-corrected chi connectivity index (χ3v) is 5.51. The molecule has 0 saturated heterocycles. The molecule has 3 rings (SSSR count). The molecule has 0 aliphatic carbocycles. The maximum atomic E-state index is 12.5. The Morgan fingerprint density at radius 2 is 2.00 bits per heavy atom. The van der Waals surface area contributed by atoms with Crippen molar-refractivity contribution < 1.29 is 9.53 Å². The molecule has 1 amide bonds. The highest BCUT2D eigenvalue weighted by Gasteiger charge is 2.19. The van der Waals surface area contributed by atoms with Crippen molar-refractivity contribution in [1.82, 2.24) is 25.5 Å². The molecular formula is C20H23N5O2S. The Labute approximate surface area is 168 Å². The van der Waals surface area contributed by atoms with E-state index in [1.807, 2.05) is 56.3 Å². The van der Waals surface area contributed by atoms with E-state index >= 15 is 0 Å². The third-order valence-electron chi connectivity index (χ3n) is 4.47. The van der Waals surface area contributed by atoms with Gasteiger partial charge in [-0.15, -0.1) is 5.10 Å². The van der Waals surface area contributed by atoms with Gasteiger partial charge in [-0.3, -0.25) is 4.79 Å². The Kier molecular flexibility index (Phi) is 6.30. The van der Waals surface area contributed by atoms with E-state index < -0.39 is 0 Å². The van der Waals surface area contributed by atoms with Crippen molar-refractivity contribution in [2.45, 2.75) is 37.7 Å². The second kappa shape index (κ2) is 8.88. The van der Waals surface area contributed by atoms with E-state index in [-0.39, 0.29) is 11.2 Å². The lowest BCUT2D eigenvalue weighted by Crippen LogP contribution is -2.30. The number of hydrogen-bond donors (Lipinski definition) is 1. The fourth-order valence-electron chi connectivity index (χ4n) is 2.66. The van der Waals surface area contributed by atoms with Crippen LogP contribution in [0.4, 0.5) is 0 Å². The second-order valence-corrected chi connectivity index (χ2v) is 7.74. The van der Waals surface area contributed by atoms with Crippen LogP contribution >= 0.6 is 11.8 Å². The molecule has 146 valence electrons. The van der Waals surface area contributed by atoms with Crippen LogP contribution in [0.15, 0.2) is 47.6 Å². The topological polar surface area (TPSA) is 81.9 Å². The van der Waals surface area contributed by atoms with Gasteiger partial charge in [0, 0.05) is 12.1 Å². The van der Waals surface area contributed by atoms with Gasteiger partial charge in [0.15, 0.2) is 0 Å². The standard InChI is InChI=1S/C20H23N5O2S/c1-13-9-10-17(11-14(13)2)25-20(22-23-24-25)28-15(3)19(26)21-12-16-7-5-6-8-18(16)27-4/h5-11,15H,12H2,1-4H3,(H,21,26)/t15-/m1/s1. The van der Waals surface area contributed by atoms with Crippen LogP contribution in [0.3, 0.4) is 0 Å². The van der Waals surface area contributed by atoms with Crippen LogP contribution < -0.4 is 10.1 Å². The van der Waals surface area contributed by atoms with Crippen molar-refractivity contribution in [3.63, 3.8) is 0 Å². The first kappa shape index (κ1) is 19.9. The summed E-state index contributed by atoms with van der Waals surface area (Å²) in [6, 6.07) is 13.6. The van der Waals surface area contributed by atoms with E-state index in [9.17, 15) is 4.79 Å². The number of rotatable bonds is 7. The van der Waals surface area contributed by atoms with Crippen LogP contribution in [0, 0.1) is 13.8 Å². The number of methoxy groups -OCH3 is 1. The monoisotopic (exact) mass is 397 g/mol. The highest BCUT2D eigenvalue weighted by molar-refractivity contribution is 8.00. The number of para-hydroxylation sites is 1. The fraction of sp³-hybridized carbons (Fsp3) is 0.300. The van der Waals surface area contributed by atoms with Crippen molar-refractivity contribution in [3.05, 3.63) is 59.2 Å². The summed E-state index contributed by atoms with van der Waals surface area (Å²) in [7, 11) is 1.62. The van der Waals surface area contributed by atoms with Gasteiger partial charge >= 0.3 is 0 Å². The highest BCUT2D eigenvalue weighted by Crippen LogP contribution is 2.24. The maximum Gasteiger partial charge on any atom is 0.233 e. The van der Waals surface area contributed by atoms with Gasteiger partial charge in [0.1, 0.15) is 5.75 Å². The summed E-state index contributed by atoms with van der Waals surface area (Å²) < 4.78 is 6.97. The maximum absolute atomic E-state index is 12.5. The minimum absolute atomic E-state index is 0.0921. The van der Waals surface area contributed by atoms with E-state index in [0.717, 1.165) is 22.6 Å².